The molecule has 0 radical (unpaired) electrons. The minimum atomic E-state index is -0.831. The Labute approximate surface area is 153 Å². The second-order valence-electron chi connectivity index (χ2n) is 5.86. The van der Waals surface area contributed by atoms with Crippen LogP contribution in [0, 0.1) is 0 Å². The molecule has 0 aliphatic heterocycles. The average Bonchev–Trinajstić information content (AvgIpc) is 3.20. The summed E-state index contributed by atoms with van der Waals surface area (Å²) in [5, 5.41) is 3.60. The topological polar surface area (TPSA) is 68.3 Å². The number of carbonyl (C=O) groups is 2. The molecule has 1 N–H and O–H groups in total. The van der Waals surface area contributed by atoms with E-state index in [4.69, 9.17) is 4.74 Å². The van der Waals surface area contributed by atoms with Crippen molar-refractivity contribution in [2.45, 2.75) is 32.9 Å². The molecule has 5 nitrogen and oxygen atoms in total. The van der Waals surface area contributed by atoms with Gasteiger partial charge >= 0.3 is 5.97 Å². The first-order valence-corrected chi connectivity index (χ1v) is 9.54. The fourth-order valence-corrected chi connectivity index (χ4v) is 4.12. The molecule has 25 heavy (non-hydrogen) atoms. The van der Waals surface area contributed by atoms with E-state index in [2.05, 4.69) is 10.3 Å². The number of nitrogens with one attached hydrogen (secondary N) is 1. The number of aromatic nitrogens is 1. The molecule has 0 bridgehead atoms. The van der Waals surface area contributed by atoms with Gasteiger partial charge in [-0.2, -0.15) is 0 Å². The molecule has 3 rings (SSSR count). The third-order valence-corrected chi connectivity index (χ3v) is 5.67. The number of rotatable bonds is 5. The van der Waals surface area contributed by atoms with Gasteiger partial charge in [0.25, 0.3) is 5.91 Å². The summed E-state index contributed by atoms with van der Waals surface area (Å²) in [4.78, 5) is 30.1. The van der Waals surface area contributed by atoms with E-state index in [1.54, 1.807) is 24.3 Å². The molecule has 0 saturated heterocycles. The molecule has 0 saturated carbocycles. The summed E-state index contributed by atoms with van der Waals surface area (Å²) in [6.45, 7) is 5.28. The zero-order valence-electron chi connectivity index (χ0n) is 14.1. The number of benzene rings is 1. The van der Waals surface area contributed by atoms with E-state index in [1.807, 2.05) is 44.2 Å². The molecule has 1 atom stereocenters. The summed E-state index contributed by atoms with van der Waals surface area (Å²) >= 11 is 2.90. The average molecular weight is 374 g/mol. The van der Waals surface area contributed by atoms with Crippen molar-refractivity contribution in [1.29, 1.82) is 0 Å². The first-order chi connectivity index (χ1) is 11.9. The summed E-state index contributed by atoms with van der Waals surface area (Å²) in [6.07, 6.45) is -0.831. The Bertz CT molecular complexity index is 881. The van der Waals surface area contributed by atoms with Crippen molar-refractivity contribution in [3.63, 3.8) is 0 Å². The van der Waals surface area contributed by atoms with Crippen LogP contribution in [0.3, 0.4) is 0 Å². The number of nitrogens with zero attached hydrogens (tertiary/aromatic N) is 1. The number of esters is 1. The zero-order chi connectivity index (χ0) is 18.0. The van der Waals surface area contributed by atoms with Gasteiger partial charge in [-0.1, -0.05) is 12.1 Å². The molecule has 0 aliphatic carbocycles. The molecule has 0 aliphatic rings. The van der Waals surface area contributed by atoms with E-state index in [0.29, 0.717) is 4.88 Å². The molecular formula is C18H18N2O3S2. The van der Waals surface area contributed by atoms with Crippen molar-refractivity contribution in [1.82, 2.24) is 10.3 Å². The highest BCUT2D eigenvalue weighted by molar-refractivity contribution is 7.26. The fraction of sp³-hybridized carbons (Fsp3) is 0.278. The number of ether oxygens (including phenoxy) is 1. The maximum atomic E-state index is 12.3. The van der Waals surface area contributed by atoms with Gasteiger partial charge in [0, 0.05) is 6.04 Å². The van der Waals surface area contributed by atoms with Gasteiger partial charge in [-0.05, 0) is 45.0 Å². The monoisotopic (exact) mass is 374 g/mol. The van der Waals surface area contributed by atoms with Crippen molar-refractivity contribution >= 4 is 44.8 Å². The van der Waals surface area contributed by atoms with Gasteiger partial charge in [0.15, 0.2) is 6.10 Å². The van der Waals surface area contributed by atoms with E-state index in [9.17, 15) is 9.59 Å². The van der Waals surface area contributed by atoms with Crippen LogP contribution in [0.15, 0.2) is 36.4 Å². The van der Waals surface area contributed by atoms with Gasteiger partial charge in [0.05, 0.1) is 15.1 Å². The van der Waals surface area contributed by atoms with E-state index >= 15 is 0 Å². The second kappa shape index (κ2) is 7.33. The van der Waals surface area contributed by atoms with Crippen LogP contribution in [-0.2, 0) is 9.53 Å². The third-order valence-electron chi connectivity index (χ3n) is 3.40. The number of fused-ring (bicyclic) bond motifs is 1. The Hall–Kier alpha value is -2.25. The lowest BCUT2D eigenvalue weighted by Crippen LogP contribution is -2.39. The van der Waals surface area contributed by atoms with Crippen molar-refractivity contribution in [2.75, 3.05) is 0 Å². The maximum Gasteiger partial charge on any atom is 0.349 e. The van der Waals surface area contributed by atoms with E-state index in [-0.39, 0.29) is 11.9 Å². The summed E-state index contributed by atoms with van der Waals surface area (Å²) in [5.74, 6) is -0.796. The minimum absolute atomic E-state index is 0.000952. The van der Waals surface area contributed by atoms with E-state index < -0.39 is 12.1 Å². The summed E-state index contributed by atoms with van der Waals surface area (Å²) < 4.78 is 6.36. The SMILES string of the molecule is CC(C)NC(=O)C(C)OC(=O)c1ccc(-c2nc3ccccc3s2)s1. The molecule has 1 unspecified atom stereocenters. The smallest absolute Gasteiger partial charge is 0.349 e. The Morgan fingerprint density at radius 3 is 2.56 bits per heavy atom. The molecule has 0 spiro atoms. The number of carbonyl (C=O) groups excluding carboxylic acids is 2. The molecule has 2 aromatic heterocycles. The van der Waals surface area contributed by atoms with Crippen LogP contribution in [-0.4, -0.2) is 29.0 Å². The molecule has 1 amide bonds. The van der Waals surface area contributed by atoms with E-state index in [0.717, 1.165) is 20.1 Å². The summed E-state index contributed by atoms with van der Waals surface area (Å²) in [6, 6.07) is 11.5. The van der Waals surface area contributed by atoms with Gasteiger partial charge in [-0.3, -0.25) is 4.79 Å². The lowest BCUT2D eigenvalue weighted by Gasteiger charge is -2.14. The Morgan fingerprint density at radius 1 is 1.08 bits per heavy atom. The highest BCUT2D eigenvalue weighted by Gasteiger charge is 2.21. The lowest BCUT2D eigenvalue weighted by molar-refractivity contribution is -0.129. The van der Waals surface area contributed by atoms with Crippen molar-refractivity contribution in [2.24, 2.45) is 0 Å². The van der Waals surface area contributed by atoms with Crippen LogP contribution >= 0.6 is 22.7 Å². The zero-order valence-corrected chi connectivity index (χ0v) is 15.7. The van der Waals surface area contributed by atoms with Gasteiger partial charge in [-0.25, -0.2) is 9.78 Å². The number of hydrogen-bond acceptors (Lipinski definition) is 6. The van der Waals surface area contributed by atoms with Crippen molar-refractivity contribution in [3.05, 3.63) is 41.3 Å². The van der Waals surface area contributed by atoms with Crippen molar-refractivity contribution < 1.29 is 14.3 Å². The van der Waals surface area contributed by atoms with Crippen LogP contribution in [0.1, 0.15) is 30.4 Å². The maximum absolute atomic E-state index is 12.3. The van der Waals surface area contributed by atoms with Crippen LogP contribution in [0.5, 0.6) is 0 Å². The van der Waals surface area contributed by atoms with Crippen LogP contribution < -0.4 is 5.32 Å². The molecule has 130 valence electrons. The number of thiazole rings is 1. The van der Waals surface area contributed by atoms with Gasteiger partial charge in [0.1, 0.15) is 9.88 Å². The number of para-hydroxylation sites is 1. The number of thiophene rings is 1. The largest absolute Gasteiger partial charge is 0.448 e. The van der Waals surface area contributed by atoms with Gasteiger partial charge < -0.3 is 10.1 Å². The number of amides is 1. The van der Waals surface area contributed by atoms with Crippen molar-refractivity contribution in [3.8, 4) is 9.88 Å². The van der Waals surface area contributed by atoms with Crippen LogP contribution in [0.2, 0.25) is 0 Å². The first-order valence-electron chi connectivity index (χ1n) is 7.91. The predicted molar refractivity (Wildman–Crippen MR) is 101 cm³/mol. The summed E-state index contributed by atoms with van der Waals surface area (Å²) in [7, 11) is 0. The highest BCUT2D eigenvalue weighted by Crippen LogP contribution is 2.34. The predicted octanol–water partition coefficient (Wildman–Crippen LogP) is 4.09. The van der Waals surface area contributed by atoms with Crippen LogP contribution in [0.25, 0.3) is 20.1 Å². The molecular weight excluding hydrogens is 356 g/mol. The Kier molecular flexibility index (Phi) is 5.15. The second-order valence-corrected chi connectivity index (χ2v) is 7.98. The van der Waals surface area contributed by atoms with E-state index in [1.165, 1.54) is 11.3 Å². The quantitative estimate of drug-likeness (QED) is 0.683. The first kappa shape index (κ1) is 17.6. The standard InChI is InChI=1S/C18H18N2O3S2/c1-10(2)19-16(21)11(3)23-18(22)15-9-8-14(24-15)17-20-12-6-4-5-7-13(12)25-17/h4-11H,1-3H3,(H,19,21). The molecule has 7 heteroatoms. The Morgan fingerprint density at radius 2 is 1.84 bits per heavy atom. The molecule has 1 aromatic carbocycles. The highest BCUT2D eigenvalue weighted by atomic mass is 32.1. The molecule has 2 heterocycles. The fourth-order valence-electron chi connectivity index (χ4n) is 2.21. The van der Waals surface area contributed by atoms with Gasteiger partial charge in [0.2, 0.25) is 0 Å². The third kappa shape index (κ3) is 4.05. The normalized spacial score (nSPS) is 12.3. The molecule has 3 aromatic rings. The van der Waals surface area contributed by atoms with Gasteiger partial charge in [-0.15, -0.1) is 22.7 Å². The number of hydrogen-bond donors (Lipinski definition) is 1. The lowest BCUT2D eigenvalue weighted by atomic mass is 10.3. The summed E-state index contributed by atoms with van der Waals surface area (Å²) in [5.41, 5.74) is 0.944. The van der Waals surface area contributed by atoms with Crippen LogP contribution in [0.4, 0.5) is 0 Å². The Balaban J connectivity index is 1.72. The molecule has 0 fully saturated rings. The minimum Gasteiger partial charge on any atom is -0.448 e.